The highest BCUT2D eigenvalue weighted by Crippen LogP contribution is 2.38. The molecular formula is C27H26N2O4. The molecule has 0 unspecified atom stereocenters. The first-order chi connectivity index (χ1) is 16.0. The van der Waals surface area contributed by atoms with Gasteiger partial charge in [0.2, 0.25) is 0 Å². The predicted molar refractivity (Wildman–Crippen MR) is 128 cm³/mol. The van der Waals surface area contributed by atoms with Crippen LogP contribution < -0.4 is 10.1 Å². The third-order valence-electron chi connectivity index (χ3n) is 6.55. The Balaban J connectivity index is 1.51. The van der Waals surface area contributed by atoms with Gasteiger partial charge in [-0.1, -0.05) is 24.3 Å². The summed E-state index contributed by atoms with van der Waals surface area (Å²) in [5.74, 6) is -0.159. The maximum Gasteiger partial charge on any atom is 0.303 e. The molecule has 0 saturated carbocycles. The minimum Gasteiger partial charge on any atom is -0.497 e. The Kier molecular flexibility index (Phi) is 5.50. The van der Waals surface area contributed by atoms with Gasteiger partial charge in [-0.05, 0) is 78.6 Å². The highest BCUT2D eigenvalue weighted by atomic mass is 16.5. The molecule has 2 aromatic carbocycles. The Hall–Kier alpha value is -3.80. The molecule has 5 rings (SSSR count). The highest BCUT2D eigenvalue weighted by molar-refractivity contribution is 6.35. The number of ether oxygens (including phenoxy) is 1. The Morgan fingerprint density at radius 3 is 2.61 bits per heavy atom. The molecule has 1 aliphatic carbocycles. The molecule has 6 nitrogen and oxygen atoms in total. The van der Waals surface area contributed by atoms with E-state index in [0.29, 0.717) is 12.0 Å². The fourth-order valence-electron chi connectivity index (χ4n) is 4.86. The number of hydrogen-bond donors (Lipinski definition) is 3. The Labute approximate surface area is 192 Å². The Morgan fingerprint density at radius 2 is 1.85 bits per heavy atom. The summed E-state index contributed by atoms with van der Waals surface area (Å²) in [4.78, 5) is 27.6. The van der Waals surface area contributed by atoms with Crippen LogP contribution in [0.1, 0.15) is 47.3 Å². The van der Waals surface area contributed by atoms with E-state index >= 15 is 0 Å². The summed E-state index contributed by atoms with van der Waals surface area (Å²) in [6.07, 6.45) is 6.59. The smallest absolute Gasteiger partial charge is 0.303 e. The van der Waals surface area contributed by atoms with Crippen LogP contribution in [0.3, 0.4) is 0 Å². The van der Waals surface area contributed by atoms with Gasteiger partial charge in [0.15, 0.2) is 0 Å². The van der Waals surface area contributed by atoms with Crippen LogP contribution in [0, 0.1) is 0 Å². The third-order valence-corrected chi connectivity index (χ3v) is 6.55. The van der Waals surface area contributed by atoms with E-state index in [1.165, 1.54) is 11.3 Å². The van der Waals surface area contributed by atoms with Gasteiger partial charge >= 0.3 is 5.97 Å². The van der Waals surface area contributed by atoms with E-state index in [4.69, 9.17) is 4.74 Å². The number of aryl methyl sites for hydroxylation is 1. The average Bonchev–Trinajstić information content (AvgIpc) is 3.34. The van der Waals surface area contributed by atoms with Gasteiger partial charge in [-0.3, -0.25) is 9.59 Å². The average molecular weight is 443 g/mol. The molecule has 1 amide bonds. The lowest BCUT2D eigenvalue weighted by Gasteiger charge is -2.12. The zero-order valence-corrected chi connectivity index (χ0v) is 18.5. The van der Waals surface area contributed by atoms with E-state index in [-0.39, 0.29) is 12.3 Å². The normalized spacial score (nSPS) is 15.8. The fraction of sp³-hybridized carbons (Fsp3) is 0.259. The van der Waals surface area contributed by atoms with Gasteiger partial charge in [0.25, 0.3) is 5.91 Å². The lowest BCUT2D eigenvalue weighted by atomic mass is 9.92. The number of carbonyl (C=O) groups is 2. The Bertz CT molecular complexity index is 1270. The summed E-state index contributed by atoms with van der Waals surface area (Å²) in [5, 5.41) is 12.2. The summed E-state index contributed by atoms with van der Waals surface area (Å²) in [7, 11) is 1.64. The van der Waals surface area contributed by atoms with Crippen LogP contribution in [-0.2, 0) is 28.9 Å². The van der Waals surface area contributed by atoms with Crippen molar-refractivity contribution in [2.45, 2.75) is 38.5 Å². The predicted octanol–water partition coefficient (Wildman–Crippen LogP) is 5.08. The highest BCUT2D eigenvalue weighted by Gasteiger charge is 2.26. The molecular weight excluding hydrogens is 416 g/mol. The lowest BCUT2D eigenvalue weighted by molar-refractivity contribution is -0.137. The molecule has 1 aliphatic heterocycles. The monoisotopic (exact) mass is 442 g/mol. The van der Waals surface area contributed by atoms with Gasteiger partial charge in [-0.25, -0.2) is 0 Å². The van der Waals surface area contributed by atoms with Gasteiger partial charge in [0.05, 0.1) is 12.7 Å². The van der Waals surface area contributed by atoms with E-state index in [1.807, 2.05) is 48.5 Å². The van der Waals surface area contributed by atoms with Crippen molar-refractivity contribution >= 4 is 29.2 Å². The lowest BCUT2D eigenvalue weighted by Crippen LogP contribution is -2.05. The number of carboxylic acid groups (broad SMARTS) is 1. The molecule has 33 heavy (non-hydrogen) atoms. The largest absolute Gasteiger partial charge is 0.497 e. The van der Waals surface area contributed by atoms with Gasteiger partial charge in [0, 0.05) is 29.1 Å². The van der Waals surface area contributed by atoms with E-state index in [0.717, 1.165) is 65.1 Å². The number of fused-ring (bicyclic) bond motifs is 2. The van der Waals surface area contributed by atoms with E-state index in [2.05, 4.69) is 10.3 Å². The summed E-state index contributed by atoms with van der Waals surface area (Å²) < 4.78 is 5.23. The second-order valence-electron chi connectivity index (χ2n) is 8.58. The first kappa shape index (κ1) is 21.1. The molecule has 0 fully saturated rings. The topological polar surface area (TPSA) is 91.4 Å². The number of aromatic nitrogens is 1. The van der Waals surface area contributed by atoms with Gasteiger partial charge in [-0.2, -0.15) is 0 Å². The number of H-pyrrole nitrogens is 1. The molecule has 3 aromatic rings. The van der Waals surface area contributed by atoms with Gasteiger partial charge in [-0.15, -0.1) is 0 Å². The van der Waals surface area contributed by atoms with E-state index < -0.39 is 5.97 Å². The molecule has 2 aliphatic rings. The molecule has 0 bridgehead atoms. The van der Waals surface area contributed by atoms with Crippen molar-refractivity contribution in [1.29, 1.82) is 0 Å². The van der Waals surface area contributed by atoms with Crippen LogP contribution in [0.2, 0.25) is 0 Å². The summed E-state index contributed by atoms with van der Waals surface area (Å²) in [5.41, 5.74) is 8.60. The standard InChI is InChI=1S/C27H26N2O4/c1-33-18-9-6-16(7-10-18)17-8-11-21-22(27(32)29-24(21)14-17)15-25-20(12-13-26(30)31)19-4-2-3-5-23(19)28-25/h6-11,14-15,28H,2-5,12-13H2,1H3,(H,29,32)(H,30,31)/b22-15+. The van der Waals surface area contributed by atoms with Crippen LogP contribution >= 0.6 is 0 Å². The van der Waals surface area contributed by atoms with Crippen molar-refractivity contribution in [2.24, 2.45) is 0 Å². The molecule has 1 aromatic heterocycles. The zero-order chi connectivity index (χ0) is 22.9. The minimum atomic E-state index is -0.811. The number of nitrogens with one attached hydrogen (secondary N) is 2. The quantitative estimate of drug-likeness (QED) is 0.464. The SMILES string of the molecule is COc1ccc(-c2ccc3c(c2)NC(=O)/C3=C/c2[nH]c3c(c2CCC(=O)O)CCCC3)cc1. The number of aliphatic carboxylic acids is 1. The van der Waals surface area contributed by atoms with Crippen LogP contribution in [0.25, 0.3) is 22.8 Å². The maximum atomic E-state index is 12.9. The van der Waals surface area contributed by atoms with Crippen LogP contribution in [0.4, 0.5) is 5.69 Å². The van der Waals surface area contributed by atoms with Crippen LogP contribution in [0.15, 0.2) is 42.5 Å². The zero-order valence-electron chi connectivity index (χ0n) is 18.5. The summed E-state index contributed by atoms with van der Waals surface area (Å²) in [6, 6.07) is 13.8. The third kappa shape index (κ3) is 4.04. The first-order valence-corrected chi connectivity index (χ1v) is 11.3. The second kappa shape index (κ2) is 8.62. The maximum absolute atomic E-state index is 12.9. The molecule has 0 saturated heterocycles. The van der Waals surface area contributed by atoms with E-state index in [9.17, 15) is 14.7 Å². The number of amides is 1. The number of carboxylic acids is 1. The van der Waals surface area contributed by atoms with Gasteiger partial charge < -0.3 is 20.1 Å². The molecule has 0 atom stereocenters. The van der Waals surface area contributed by atoms with Crippen molar-refractivity contribution in [2.75, 3.05) is 12.4 Å². The second-order valence-corrected chi connectivity index (χ2v) is 8.58. The molecule has 6 heteroatoms. The minimum absolute atomic E-state index is 0.0778. The molecule has 0 spiro atoms. The molecule has 168 valence electrons. The molecule has 0 radical (unpaired) electrons. The molecule has 3 N–H and O–H groups in total. The van der Waals surface area contributed by atoms with Crippen LogP contribution in [0.5, 0.6) is 5.75 Å². The molecule has 2 heterocycles. The van der Waals surface area contributed by atoms with Crippen molar-refractivity contribution in [3.8, 4) is 16.9 Å². The summed E-state index contributed by atoms with van der Waals surface area (Å²) in [6.45, 7) is 0. The number of hydrogen-bond acceptors (Lipinski definition) is 3. The van der Waals surface area contributed by atoms with Crippen molar-refractivity contribution in [1.82, 2.24) is 4.98 Å². The van der Waals surface area contributed by atoms with E-state index in [1.54, 1.807) is 7.11 Å². The van der Waals surface area contributed by atoms with Crippen molar-refractivity contribution in [3.63, 3.8) is 0 Å². The number of carbonyl (C=O) groups excluding carboxylic acids is 1. The summed E-state index contributed by atoms with van der Waals surface area (Å²) >= 11 is 0. The number of methoxy groups -OCH3 is 1. The fourth-order valence-corrected chi connectivity index (χ4v) is 4.86. The van der Waals surface area contributed by atoms with Crippen molar-refractivity contribution in [3.05, 3.63) is 70.5 Å². The number of rotatable bonds is 6. The van der Waals surface area contributed by atoms with Crippen molar-refractivity contribution < 1.29 is 19.4 Å². The number of benzene rings is 2. The van der Waals surface area contributed by atoms with Crippen LogP contribution in [-0.4, -0.2) is 29.1 Å². The first-order valence-electron chi connectivity index (χ1n) is 11.3. The Morgan fingerprint density at radius 1 is 1.09 bits per heavy atom. The van der Waals surface area contributed by atoms with Gasteiger partial charge in [0.1, 0.15) is 5.75 Å². The number of anilines is 1. The number of aromatic amines is 1.